The van der Waals surface area contributed by atoms with Crippen LogP contribution in [0.25, 0.3) is 10.9 Å². The van der Waals surface area contributed by atoms with Crippen LogP contribution in [-0.2, 0) is 19.4 Å². The number of para-hydroxylation sites is 1. The first-order valence-electron chi connectivity index (χ1n) is 17.1. The Morgan fingerprint density at radius 3 is 2.36 bits per heavy atom. The van der Waals surface area contributed by atoms with E-state index in [1.165, 1.54) is 103 Å². The van der Waals surface area contributed by atoms with Gasteiger partial charge in [-0.1, -0.05) is 80.3 Å². The van der Waals surface area contributed by atoms with Crippen LogP contribution in [0.15, 0.2) is 72.8 Å². The summed E-state index contributed by atoms with van der Waals surface area (Å²) in [5.41, 5.74) is 9.09. The Morgan fingerprint density at radius 1 is 0.750 bits per heavy atom. The summed E-state index contributed by atoms with van der Waals surface area (Å²) in [5.74, 6) is 0.995. The number of ether oxygens (including phenoxy) is 1. The van der Waals surface area contributed by atoms with Crippen LogP contribution in [0.1, 0.15) is 73.8 Å². The Hall–Kier alpha value is -3.57. The second kappa shape index (κ2) is 15.4. The van der Waals surface area contributed by atoms with Gasteiger partial charge in [0.15, 0.2) is 0 Å². The van der Waals surface area contributed by atoms with Crippen molar-refractivity contribution in [2.24, 2.45) is 0 Å². The molecular formula is C39H50N4O. The number of aryl methyl sites for hydroxylation is 1. The molecule has 0 spiro atoms. The van der Waals surface area contributed by atoms with Gasteiger partial charge in [0.1, 0.15) is 12.4 Å². The molecule has 0 saturated carbocycles. The zero-order chi connectivity index (χ0) is 30.0. The molecule has 5 nitrogen and oxygen atoms in total. The van der Waals surface area contributed by atoms with Crippen molar-refractivity contribution in [1.29, 1.82) is 0 Å². The Balaban J connectivity index is 0.858. The number of nitrogens with one attached hydrogen (secondary N) is 1. The van der Waals surface area contributed by atoms with Crippen LogP contribution in [0.4, 0.5) is 11.4 Å². The lowest BCUT2D eigenvalue weighted by molar-refractivity contribution is 0.251. The second-order valence-corrected chi connectivity index (χ2v) is 12.7. The minimum Gasteiger partial charge on any atom is -0.489 e. The van der Waals surface area contributed by atoms with Crippen molar-refractivity contribution in [2.75, 3.05) is 49.5 Å². The highest BCUT2D eigenvalue weighted by molar-refractivity contribution is 5.93. The average molecular weight is 591 g/mol. The molecule has 2 heterocycles. The van der Waals surface area contributed by atoms with Crippen LogP contribution >= 0.6 is 0 Å². The Kier molecular flexibility index (Phi) is 10.7. The van der Waals surface area contributed by atoms with E-state index in [2.05, 4.69) is 88.8 Å². The van der Waals surface area contributed by atoms with Crippen molar-refractivity contribution in [1.82, 2.24) is 9.88 Å². The summed E-state index contributed by atoms with van der Waals surface area (Å²) < 4.78 is 6.20. The van der Waals surface area contributed by atoms with Gasteiger partial charge in [0.25, 0.3) is 0 Å². The highest BCUT2D eigenvalue weighted by Crippen LogP contribution is 2.33. The Labute approximate surface area is 264 Å². The number of aromatic nitrogens is 1. The molecule has 3 aromatic carbocycles. The molecule has 0 unspecified atom stereocenters. The van der Waals surface area contributed by atoms with E-state index in [1.54, 1.807) is 0 Å². The molecule has 0 amide bonds. The van der Waals surface area contributed by atoms with Gasteiger partial charge in [0, 0.05) is 60.7 Å². The molecule has 4 aromatic rings. The molecule has 1 saturated heterocycles. The van der Waals surface area contributed by atoms with E-state index in [9.17, 15) is 0 Å². The van der Waals surface area contributed by atoms with Crippen molar-refractivity contribution in [3.8, 4) is 5.75 Å². The van der Waals surface area contributed by atoms with E-state index >= 15 is 0 Å². The van der Waals surface area contributed by atoms with Gasteiger partial charge in [-0.2, -0.15) is 0 Å². The maximum Gasteiger partial charge on any atom is 0.124 e. The topological polar surface area (TPSA) is 40.6 Å². The van der Waals surface area contributed by atoms with Crippen molar-refractivity contribution in [2.45, 2.75) is 77.7 Å². The zero-order valence-electron chi connectivity index (χ0n) is 26.7. The molecule has 0 radical (unpaired) electrons. The van der Waals surface area contributed by atoms with Crippen LogP contribution in [-0.4, -0.2) is 49.2 Å². The largest absolute Gasteiger partial charge is 0.489 e. The smallest absolute Gasteiger partial charge is 0.124 e. The van der Waals surface area contributed by atoms with E-state index < -0.39 is 0 Å². The monoisotopic (exact) mass is 590 g/mol. The fourth-order valence-corrected chi connectivity index (χ4v) is 7.00. The van der Waals surface area contributed by atoms with E-state index in [0.717, 1.165) is 50.4 Å². The van der Waals surface area contributed by atoms with Crippen molar-refractivity contribution >= 4 is 22.3 Å². The van der Waals surface area contributed by atoms with Crippen LogP contribution in [0.2, 0.25) is 0 Å². The van der Waals surface area contributed by atoms with Gasteiger partial charge in [-0.3, -0.25) is 9.88 Å². The molecule has 1 aliphatic heterocycles. The maximum absolute atomic E-state index is 6.20. The van der Waals surface area contributed by atoms with Gasteiger partial charge < -0.3 is 15.0 Å². The number of nitrogens with zero attached hydrogens (tertiary/aromatic N) is 3. The number of fused-ring (bicyclic) bond motifs is 2. The molecule has 2 aliphatic rings. The highest BCUT2D eigenvalue weighted by Gasteiger charge is 2.20. The van der Waals surface area contributed by atoms with Crippen LogP contribution in [0, 0.1) is 6.92 Å². The molecule has 1 fully saturated rings. The fraction of sp³-hybridized carbons (Fsp3) is 0.462. The minimum absolute atomic E-state index is 0.612. The average Bonchev–Trinajstić information content (AvgIpc) is 3.07. The van der Waals surface area contributed by atoms with E-state index in [0.29, 0.717) is 6.61 Å². The summed E-state index contributed by atoms with van der Waals surface area (Å²) in [6.07, 6.45) is 12.8. The van der Waals surface area contributed by atoms with Crippen molar-refractivity contribution < 1.29 is 4.74 Å². The Bertz CT molecular complexity index is 1480. The molecule has 1 aliphatic carbocycles. The standard InChI is InChI=1S/C39H50N4O/c1-31-37(22-15-23-38(31)44-30-32-16-7-6-8-17-32)43-28-26-42(27-29-43)25-14-5-3-2-4-13-24-40-39-33-18-9-11-20-35(33)41-36-21-12-10-19-34(36)39/h6-9,11,15-18,20,22-23H,2-5,10,12-14,19,21,24-30H2,1H3,(H,40,41). The number of hydrogen-bond donors (Lipinski definition) is 1. The van der Waals surface area contributed by atoms with Crippen molar-refractivity contribution in [3.63, 3.8) is 0 Å². The van der Waals surface area contributed by atoms with Gasteiger partial charge in [0.2, 0.25) is 0 Å². The number of pyridine rings is 1. The maximum atomic E-state index is 6.20. The summed E-state index contributed by atoms with van der Waals surface area (Å²) >= 11 is 0. The first-order chi connectivity index (χ1) is 21.8. The molecule has 6 rings (SSSR count). The predicted octanol–water partition coefficient (Wildman–Crippen LogP) is 8.58. The lowest BCUT2D eigenvalue weighted by Crippen LogP contribution is -2.46. The SMILES string of the molecule is Cc1c(OCc2ccccc2)cccc1N1CCN(CCCCCCCCNc2c3c(nc4ccccc24)CCCC3)CC1. The van der Waals surface area contributed by atoms with Crippen LogP contribution < -0.4 is 15.0 Å². The van der Waals surface area contributed by atoms with Crippen molar-refractivity contribution in [3.05, 3.63) is 95.2 Å². The third-order valence-corrected chi connectivity index (χ3v) is 9.58. The number of hydrogen-bond acceptors (Lipinski definition) is 5. The summed E-state index contributed by atoms with van der Waals surface area (Å²) in [6.45, 7) is 9.58. The molecule has 5 heteroatoms. The number of anilines is 2. The van der Waals surface area contributed by atoms with Gasteiger partial charge >= 0.3 is 0 Å². The third kappa shape index (κ3) is 7.74. The third-order valence-electron chi connectivity index (χ3n) is 9.58. The molecule has 232 valence electrons. The highest BCUT2D eigenvalue weighted by atomic mass is 16.5. The molecule has 1 aromatic heterocycles. The molecule has 0 atom stereocenters. The second-order valence-electron chi connectivity index (χ2n) is 12.7. The predicted molar refractivity (Wildman–Crippen MR) is 185 cm³/mol. The molecule has 0 bridgehead atoms. The fourth-order valence-electron chi connectivity index (χ4n) is 7.00. The number of benzene rings is 3. The van der Waals surface area contributed by atoms with E-state index in [4.69, 9.17) is 9.72 Å². The number of rotatable bonds is 14. The summed E-state index contributed by atoms with van der Waals surface area (Å²) in [7, 11) is 0. The molecule has 1 N–H and O–H groups in total. The van der Waals surface area contributed by atoms with Gasteiger partial charge in [-0.25, -0.2) is 0 Å². The normalized spacial score (nSPS) is 15.3. The van der Waals surface area contributed by atoms with E-state index in [1.807, 2.05) is 6.07 Å². The van der Waals surface area contributed by atoms with Crippen LogP contribution in [0.3, 0.4) is 0 Å². The van der Waals surface area contributed by atoms with Crippen LogP contribution in [0.5, 0.6) is 5.75 Å². The molecular weight excluding hydrogens is 540 g/mol. The minimum atomic E-state index is 0.612. The quantitative estimate of drug-likeness (QED) is 0.149. The summed E-state index contributed by atoms with van der Waals surface area (Å²) in [5, 5.41) is 5.13. The first-order valence-corrected chi connectivity index (χ1v) is 17.1. The number of piperazine rings is 1. The zero-order valence-corrected chi connectivity index (χ0v) is 26.7. The Morgan fingerprint density at radius 2 is 1.50 bits per heavy atom. The first kappa shape index (κ1) is 30.5. The lowest BCUT2D eigenvalue weighted by atomic mass is 9.92. The number of unbranched alkanes of at least 4 members (excludes halogenated alkanes) is 5. The molecule has 44 heavy (non-hydrogen) atoms. The van der Waals surface area contributed by atoms with Gasteiger partial charge in [-0.05, 0) is 81.3 Å². The summed E-state index contributed by atoms with van der Waals surface area (Å²) in [6, 6.07) is 25.6. The van der Waals surface area contributed by atoms with E-state index in [-0.39, 0.29) is 0 Å². The van der Waals surface area contributed by atoms with Gasteiger partial charge in [-0.15, -0.1) is 0 Å². The van der Waals surface area contributed by atoms with Gasteiger partial charge in [0.05, 0.1) is 5.52 Å². The lowest BCUT2D eigenvalue weighted by Gasteiger charge is -2.37. The summed E-state index contributed by atoms with van der Waals surface area (Å²) in [4.78, 5) is 10.2.